The second-order valence-electron chi connectivity index (χ2n) is 9.39. The molecule has 0 amide bonds. The van der Waals surface area contributed by atoms with Crippen LogP contribution in [-0.4, -0.2) is 29.6 Å². The molecular weight excluding hydrogens is 460 g/mol. The number of hydrogen-bond acceptors (Lipinski definition) is 4. The molecule has 1 N–H and O–H groups in total. The first-order chi connectivity index (χ1) is 16.6. The normalized spacial score (nSPS) is 19.5. The van der Waals surface area contributed by atoms with Gasteiger partial charge in [0, 0.05) is 34.7 Å². The summed E-state index contributed by atoms with van der Waals surface area (Å²) in [5, 5.41) is 21.7. The Labute approximate surface area is 211 Å². The number of benzene rings is 3. The molecule has 0 spiro atoms. The Morgan fingerprint density at radius 3 is 2.56 bits per heavy atom. The summed E-state index contributed by atoms with van der Waals surface area (Å²) in [5.41, 5.74) is 4.95. The molecule has 3 nitrogen and oxygen atoms in total. The molecule has 2 heterocycles. The highest BCUT2D eigenvalue weighted by atomic mass is 35.5. The van der Waals surface area contributed by atoms with Crippen molar-refractivity contribution in [3.8, 4) is 6.07 Å². The maximum Gasteiger partial charge on any atom is 0.0995 e. The van der Waals surface area contributed by atoms with Gasteiger partial charge in [-0.3, -0.25) is 0 Å². The van der Waals surface area contributed by atoms with E-state index >= 15 is 0 Å². The van der Waals surface area contributed by atoms with E-state index in [1.165, 1.54) is 21.6 Å². The van der Waals surface area contributed by atoms with Crippen molar-refractivity contribution in [1.82, 2.24) is 4.90 Å². The molecule has 0 aromatic heterocycles. The lowest BCUT2D eigenvalue weighted by Crippen LogP contribution is -2.42. The van der Waals surface area contributed by atoms with Gasteiger partial charge in [0.2, 0.25) is 0 Å². The van der Waals surface area contributed by atoms with Crippen LogP contribution in [0.5, 0.6) is 0 Å². The number of rotatable bonds is 5. The van der Waals surface area contributed by atoms with E-state index in [2.05, 4.69) is 41.3 Å². The molecule has 5 heteroatoms. The summed E-state index contributed by atoms with van der Waals surface area (Å²) in [4.78, 5) is 3.71. The lowest BCUT2D eigenvalue weighted by Gasteiger charge is -2.38. The lowest BCUT2D eigenvalue weighted by atomic mass is 9.82. The molecule has 1 saturated heterocycles. The predicted molar refractivity (Wildman–Crippen MR) is 139 cm³/mol. The minimum Gasteiger partial charge on any atom is -0.385 e. The van der Waals surface area contributed by atoms with Crippen molar-refractivity contribution in [3.63, 3.8) is 0 Å². The van der Waals surface area contributed by atoms with Gasteiger partial charge in [0.05, 0.1) is 17.2 Å². The van der Waals surface area contributed by atoms with E-state index in [-0.39, 0.29) is 5.92 Å². The van der Waals surface area contributed by atoms with E-state index < -0.39 is 5.60 Å². The maximum absolute atomic E-state index is 11.2. The van der Waals surface area contributed by atoms with Gasteiger partial charge in [-0.1, -0.05) is 54.1 Å². The molecule has 174 valence electrons. The SMILES string of the molecule is N#Cc1cccc2c1C(CCCN1CCC(O)(c3ccc(Cl)cc3)CC1)c1ccccc1CS2. The Bertz CT molecular complexity index is 1200. The minimum atomic E-state index is -0.765. The summed E-state index contributed by atoms with van der Waals surface area (Å²) in [5.74, 6) is 1.19. The molecule has 0 radical (unpaired) electrons. The molecule has 5 rings (SSSR count). The molecule has 1 atom stereocenters. The monoisotopic (exact) mass is 488 g/mol. The van der Waals surface area contributed by atoms with Crippen LogP contribution in [0.1, 0.15) is 59.4 Å². The van der Waals surface area contributed by atoms with Crippen LogP contribution in [0.2, 0.25) is 5.02 Å². The van der Waals surface area contributed by atoms with Crippen molar-refractivity contribution in [2.75, 3.05) is 19.6 Å². The van der Waals surface area contributed by atoms with Crippen molar-refractivity contribution in [3.05, 3.63) is 99.6 Å². The number of likely N-dealkylation sites (tertiary alicyclic amines) is 1. The quantitative estimate of drug-likeness (QED) is 0.433. The standard InChI is InChI=1S/C29H29ClN2OS/c30-24-12-10-23(11-13-24)29(33)14-17-32(18-15-29)16-4-8-26-25-7-2-1-5-22(25)20-34-27-9-3-6-21(19-31)28(26)27/h1-3,5-7,9-13,26,33H,4,8,14-18,20H2. The van der Waals surface area contributed by atoms with Gasteiger partial charge in [0.15, 0.2) is 0 Å². The molecule has 0 saturated carbocycles. The number of thioether (sulfide) groups is 1. The van der Waals surface area contributed by atoms with Crippen LogP contribution in [0.4, 0.5) is 0 Å². The number of hydrogen-bond donors (Lipinski definition) is 1. The zero-order valence-corrected chi connectivity index (χ0v) is 20.8. The highest BCUT2D eigenvalue weighted by Gasteiger charge is 2.34. The van der Waals surface area contributed by atoms with Crippen LogP contribution >= 0.6 is 23.4 Å². The largest absolute Gasteiger partial charge is 0.385 e. The van der Waals surface area contributed by atoms with Gasteiger partial charge >= 0.3 is 0 Å². The number of fused-ring (bicyclic) bond motifs is 2. The van der Waals surface area contributed by atoms with E-state index in [0.29, 0.717) is 5.02 Å². The van der Waals surface area contributed by atoms with E-state index in [4.69, 9.17) is 11.6 Å². The first kappa shape index (κ1) is 23.5. The fraction of sp³-hybridized carbons (Fsp3) is 0.345. The Morgan fingerprint density at radius 2 is 1.79 bits per heavy atom. The number of halogens is 1. The van der Waals surface area contributed by atoms with Crippen LogP contribution in [0.25, 0.3) is 0 Å². The third-order valence-corrected chi connectivity index (χ3v) is 8.75. The third-order valence-electron chi connectivity index (χ3n) is 7.38. The minimum absolute atomic E-state index is 0.243. The van der Waals surface area contributed by atoms with Crippen molar-refractivity contribution < 1.29 is 5.11 Å². The van der Waals surface area contributed by atoms with Crippen molar-refractivity contribution >= 4 is 23.4 Å². The first-order valence-electron chi connectivity index (χ1n) is 12.0. The molecule has 2 aliphatic heterocycles. The van der Waals surface area contributed by atoms with Crippen molar-refractivity contribution in [2.24, 2.45) is 0 Å². The van der Waals surface area contributed by atoms with Crippen LogP contribution in [0, 0.1) is 11.3 Å². The summed E-state index contributed by atoms with van der Waals surface area (Å²) >= 11 is 7.87. The van der Waals surface area contributed by atoms with E-state index in [9.17, 15) is 10.4 Å². The van der Waals surface area contributed by atoms with E-state index in [0.717, 1.165) is 62.2 Å². The maximum atomic E-state index is 11.2. The van der Waals surface area contributed by atoms with E-state index in [1.54, 1.807) is 0 Å². The fourth-order valence-corrected chi connectivity index (χ4v) is 6.74. The Hall–Kier alpha value is -2.29. The third kappa shape index (κ3) is 4.76. The lowest BCUT2D eigenvalue weighted by molar-refractivity contribution is -0.0261. The van der Waals surface area contributed by atoms with Gasteiger partial charge in [-0.2, -0.15) is 5.26 Å². The van der Waals surface area contributed by atoms with Gasteiger partial charge in [0.1, 0.15) is 0 Å². The van der Waals surface area contributed by atoms with Crippen LogP contribution in [0.15, 0.2) is 71.6 Å². The molecule has 2 aliphatic rings. The summed E-state index contributed by atoms with van der Waals surface area (Å²) < 4.78 is 0. The van der Waals surface area contributed by atoms with Crippen LogP contribution in [0.3, 0.4) is 0 Å². The topological polar surface area (TPSA) is 47.3 Å². The van der Waals surface area contributed by atoms with E-state index in [1.807, 2.05) is 48.2 Å². The number of aliphatic hydroxyl groups is 1. The summed E-state index contributed by atoms with van der Waals surface area (Å²) in [6.07, 6.45) is 3.54. The average Bonchev–Trinajstić information content (AvgIpc) is 3.03. The van der Waals surface area contributed by atoms with Crippen molar-refractivity contribution in [2.45, 2.75) is 47.9 Å². The molecular formula is C29H29ClN2OS. The van der Waals surface area contributed by atoms with Crippen molar-refractivity contribution in [1.29, 1.82) is 5.26 Å². The number of nitriles is 1. The molecule has 34 heavy (non-hydrogen) atoms. The zero-order valence-electron chi connectivity index (χ0n) is 19.2. The first-order valence-corrected chi connectivity index (χ1v) is 13.4. The van der Waals surface area contributed by atoms with Crippen LogP contribution in [-0.2, 0) is 11.4 Å². The number of nitrogens with zero attached hydrogens (tertiary/aromatic N) is 2. The van der Waals surface area contributed by atoms with Gasteiger partial charge in [-0.15, -0.1) is 11.8 Å². The fourth-order valence-electron chi connectivity index (χ4n) is 5.46. The Kier molecular flexibility index (Phi) is 6.99. The van der Waals surface area contributed by atoms with Gasteiger partial charge in [-0.25, -0.2) is 0 Å². The summed E-state index contributed by atoms with van der Waals surface area (Å²) in [6, 6.07) is 24.9. The van der Waals surface area contributed by atoms with Gasteiger partial charge < -0.3 is 10.0 Å². The molecule has 0 bridgehead atoms. The molecule has 1 fully saturated rings. The Balaban J connectivity index is 1.27. The van der Waals surface area contributed by atoms with Crippen LogP contribution < -0.4 is 0 Å². The Morgan fingerprint density at radius 1 is 1.03 bits per heavy atom. The number of piperidine rings is 1. The smallest absolute Gasteiger partial charge is 0.0995 e. The van der Waals surface area contributed by atoms with Gasteiger partial charge in [-0.05, 0) is 78.7 Å². The highest BCUT2D eigenvalue weighted by Crippen LogP contribution is 2.44. The van der Waals surface area contributed by atoms with Gasteiger partial charge in [0.25, 0.3) is 0 Å². The second-order valence-corrected chi connectivity index (χ2v) is 10.8. The molecule has 3 aromatic carbocycles. The average molecular weight is 489 g/mol. The molecule has 0 aliphatic carbocycles. The molecule has 1 unspecified atom stereocenters. The predicted octanol–water partition coefficient (Wildman–Crippen LogP) is 6.71. The molecule has 3 aromatic rings. The summed E-state index contributed by atoms with van der Waals surface area (Å²) in [7, 11) is 0. The highest BCUT2D eigenvalue weighted by molar-refractivity contribution is 7.98. The zero-order chi connectivity index (χ0) is 23.5. The second kappa shape index (κ2) is 10.1. The summed E-state index contributed by atoms with van der Waals surface area (Å²) in [6.45, 7) is 2.78.